The predicted octanol–water partition coefficient (Wildman–Crippen LogP) is 4.53. The van der Waals surface area contributed by atoms with Crippen LogP contribution in [0.25, 0.3) is 0 Å². The molecule has 0 saturated heterocycles. The van der Waals surface area contributed by atoms with E-state index in [0.717, 1.165) is 12.8 Å². The molecule has 19 heavy (non-hydrogen) atoms. The highest BCUT2D eigenvalue weighted by molar-refractivity contribution is 5.75. The van der Waals surface area contributed by atoms with Gasteiger partial charge in [-0.3, -0.25) is 0 Å². The van der Waals surface area contributed by atoms with Gasteiger partial charge >= 0.3 is 0 Å². The second-order valence-electron chi connectivity index (χ2n) is 7.15. The van der Waals surface area contributed by atoms with Gasteiger partial charge < -0.3 is 4.79 Å². The summed E-state index contributed by atoms with van der Waals surface area (Å²) in [6.45, 7) is 11.1. The molecule has 0 aliphatic heterocycles. The highest BCUT2D eigenvalue weighted by Gasteiger charge is 2.47. The summed E-state index contributed by atoms with van der Waals surface area (Å²) in [6.07, 6.45) is 2.84. The van der Waals surface area contributed by atoms with Gasteiger partial charge in [-0.1, -0.05) is 52.0 Å². The van der Waals surface area contributed by atoms with Crippen molar-refractivity contribution in [1.82, 2.24) is 0 Å². The molecule has 0 bridgehead atoms. The van der Waals surface area contributed by atoms with Crippen LogP contribution in [0.5, 0.6) is 0 Å². The fraction of sp³-hybridized carbons (Fsp3) is 0.611. The minimum absolute atomic E-state index is 0.156. The first-order chi connectivity index (χ1) is 8.76. The molecule has 0 amide bonds. The third kappa shape index (κ3) is 2.35. The quantitative estimate of drug-likeness (QED) is 0.778. The molecule has 1 heteroatoms. The summed E-state index contributed by atoms with van der Waals surface area (Å²) in [5.41, 5.74) is 3.33. The second kappa shape index (κ2) is 4.77. The molecule has 1 atom stereocenters. The van der Waals surface area contributed by atoms with Crippen LogP contribution in [0.4, 0.5) is 0 Å². The van der Waals surface area contributed by atoms with Gasteiger partial charge in [-0.15, -0.1) is 0 Å². The maximum absolute atomic E-state index is 11.3. The third-order valence-electron chi connectivity index (χ3n) is 5.63. The number of rotatable bonds is 3. The molecule has 0 N–H and O–H groups in total. The van der Waals surface area contributed by atoms with Crippen molar-refractivity contribution in [2.45, 2.75) is 59.3 Å². The van der Waals surface area contributed by atoms with Crippen LogP contribution in [0.15, 0.2) is 24.3 Å². The van der Waals surface area contributed by atoms with Gasteiger partial charge in [-0.05, 0) is 47.6 Å². The summed E-state index contributed by atoms with van der Waals surface area (Å²) >= 11 is 0. The lowest BCUT2D eigenvalue weighted by Crippen LogP contribution is -2.47. The third-order valence-corrected chi connectivity index (χ3v) is 5.63. The van der Waals surface area contributed by atoms with Crippen LogP contribution >= 0.6 is 0 Å². The summed E-state index contributed by atoms with van der Waals surface area (Å²) in [5.74, 6) is 0.897. The Morgan fingerprint density at radius 1 is 1.21 bits per heavy atom. The lowest BCUT2D eigenvalue weighted by Gasteiger charge is -2.52. The Morgan fingerprint density at radius 2 is 1.84 bits per heavy atom. The van der Waals surface area contributed by atoms with Crippen molar-refractivity contribution in [2.24, 2.45) is 11.3 Å². The first kappa shape index (κ1) is 14.3. The monoisotopic (exact) mass is 258 g/mol. The van der Waals surface area contributed by atoms with E-state index in [-0.39, 0.29) is 10.8 Å². The summed E-state index contributed by atoms with van der Waals surface area (Å²) in [5, 5.41) is 0. The largest absolute Gasteiger partial charge is 0.300 e. The van der Waals surface area contributed by atoms with Crippen LogP contribution in [0.3, 0.4) is 0 Å². The molecule has 0 saturated carbocycles. The number of hydrogen-bond acceptors (Lipinski definition) is 1. The Balaban J connectivity index is 2.38. The van der Waals surface area contributed by atoms with E-state index in [1.54, 1.807) is 6.92 Å². The first-order valence-electron chi connectivity index (χ1n) is 7.34. The van der Waals surface area contributed by atoms with Crippen molar-refractivity contribution >= 4 is 5.78 Å². The molecule has 1 aromatic rings. The van der Waals surface area contributed by atoms with Crippen molar-refractivity contribution in [2.75, 3.05) is 0 Å². The molecule has 1 nitrogen and oxygen atoms in total. The lowest BCUT2D eigenvalue weighted by atomic mass is 9.52. The minimum Gasteiger partial charge on any atom is -0.300 e. The fourth-order valence-electron chi connectivity index (χ4n) is 3.53. The number of carbonyl (C=O) groups is 1. The van der Waals surface area contributed by atoms with Gasteiger partial charge in [0, 0.05) is 6.42 Å². The second-order valence-corrected chi connectivity index (χ2v) is 7.15. The Morgan fingerprint density at radius 3 is 2.47 bits per heavy atom. The molecule has 0 heterocycles. The van der Waals surface area contributed by atoms with Crippen molar-refractivity contribution in [3.63, 3.8) is 0 Å². The zero-order chi connectivity index (χ0) is 14.3. The Labute approximate surface area is 117 Å². The zero-order valence-electron chi connectivity index (χ0n) is 12.9. The molecule has 0 radical (unpaired) electrons. The SMILES string of the molecule is CC(=O)CCC1Cc2ccccc2C(C)(C)C1(C)C. The van der Waals surface area contributed by atoms with Gasteiger partial charge in [0.1, 0.15) is 5.78 Å². The van der Waals surface area contributed by atoms with Crippen molar-refractivity contribution in [1.29, 1.82) is 0 Å². The van der Waals surface area contributed by atoms with Gasteiger partial charge in [0.15, 0.2) is 0 Å². The normalized spacial score (nSPS) is 23.7. The standard InChI is InChI=1S/C18H26O/c1-13(19)10-11-15-12-14-8-6-7-9-16(14)18(4,5)17(15,2)3/h6-9,15H,10-12H2,1-5H3. The van der Waals surface area contributed by atoms with E-state index in [4.69, 9.17) is 0 Å². The molecule has 0 fully saturated rings. The van der Waals surface area contributed by atoms with Crippen molar-refractivity contribution in [3.05, 3.63) is 35.4 Å². The van der Waals surface area contributed by atoms with E-state index >= 15 is 0 Å². The van der Waals surface area contributed by atoms with E-state index in [1.807, 2.05) is 0 Å². The molecule has 1 aliphatic rings. The van der Waals surface area contributed by atoms with Crippen molar-refractivity contribution in [3.8, 4) is 0 Å². The molecule has 104 valence electrons. The van der Waals surface area contributed by atoms with E-state index in [9.17, 15) is 4.79 Å². The number of ketones is 1. The Hall–Kier alpha value is -1.11. The lowest BCUT2D eigenvalue weighted by molar-refractivity contribution is -0.117. The Kier molecular flexibility index (Phi) is 3.59. The molecule has 1 unspecified atom stereocenters. The van der Waals surface area contributed by atoms with Crippen LogP contribution in [0.2, 0.25) is 0 Å². The first-order valence-corrected chi connectivity index (χ1v) is 7.34. The van der Waals surface area contributed by atoms with E-state index in [2.05, 4.69) is 52.0 Å². The van der Waals surface area contributed by atoms with Gasteiger partial charge in [0.25, 0.3) is 0 Å². The highest BCUT2D eigenvalue weighted by Crippen LogP contribution is 2.53. The summed E-state index contributed by atoms with van der Waals surface area (Å²) < 4.78 is 0. The van der Waals surface area contributed by atoms with Crippen LogP contribution < -0.4 is 0 Å². The van der Waals surface area contributed by atoms with Gasteiger partial charge in [-0.25, -0.2) is 0 Å². The summed E-state index contributed by atoms with van der Waals surface area (Å²) in [4.78, 5) is 11.3. The van der Waals surface area contributed by atoms with Crippen LogP contribution in [-0.2, 0) is 16.6 Å². The molecule has 1 aromatic carbocycles. The van der Waals surface area contributed by atoms with Gasteiger partial charge in [-0.2, -0.15) is 0 Å². The highest BCUT2D eigenvalue weighted by atomic mass is 16.1. The molecular weight excluding hydrogens is 232 g/mol. The molecule has 0 aromatic heterocycles. The minimum atomic E-state index is 0.156. The van der Waals surface area contributed by atoms with Crippen LogP contribution in [0, 0.1) is 11.3 Å². The van der Waals surface area contributed by atoms with Crippen LogP contribution in [-0.4, -0.2) is 5.78 Å². The number of benzene rings is 1. The molecule has 1 aliphatic carbocycles. The summed E-state index contributed by atoms with van der Waals surface area (Å²) in [7, 11) is 0. The predicted molar refractivity (Wildman–Crippen MR) is 80.4 cm³/mol. The average Bonchev–Trinajstić information content (AvgIpc) is 2.32. The number of fused-ring (bicyclic) bond motifs is 1. The Bertz CT molecular complexity index is 482. The zero-order valence-corrected chi connectivity index (χ0v) is 12.9. The van der Waals surface area contributed by atoms with Gasteiger partial charge in [0.05, 0.1) is 0 Å². The maximum atomic E-state index is 11.3. The van der Waals surface area contributed by atoms with Crippen LogP contribution in [0.1, 0.15) is 58.6 Å². The topological polar surface area (TPSA) is 17.1 Å². The molecular formula is C18H26O. The smallest absolute Gasteiger partial charge is 0.129 e. The fourth-order valence-corrected chi connectivity index (χ4v) is 3.53. The van der Waals surface area contributed by atoms with Gasteiger partial charge in [0.2, 0.25) is 0 Å². The van der Waals surface area contributed by atoms with E-state index in [1.165, 1.54) is 11.1 Å². The average molecular weight is 258 g/mol. The maximum Gasteiger partial charge on any atom is 0.129 e. The number of hydrogen-bond donors (Lipinski definition) is 0. The number of Topliss-reactive ketones (excluding diaryl/α,β-unsaturated/α-hetero) is 1. The molecule has 0 spiro atoms. The number of carbonyl (C=O) groups excluding carboxylic acids is 1. The van der Waals surface area contributed by atoms with E-state index in [0.29, 0.717) is 18.1 Å². The van der Waals surface area contributed by atoms with E-state index < -0.39 is 0 Å². The van der Waals surface area contributed by atoms with Crippen molar-refractivity contribution < 1.29 is 4.79 Å². The molecule has 2 rings (SSSR count). The summed E-state index contributed by atoms with van der Waals surface area (Å²) in [6, 6.07) is 8.81.